The fraction of sp³-hybridized carbons (Fsp3) is 0.833. The number of carbonyl (C=O) groups excluding carboxylic acids is 2. The molecule has 2 fully saturated rings. The maximum Gasteiger partial charge on any atom is 0.410 e. The van der Waals surface area contributed by atoms with Gasteiger partial charge in [0, 0.05) is 32.1 Å². The Morgan fingerprint density at radius 2 is 1.94 bits per heavy atom. The first-order valence-electron chi connectivity index (χ1n) is 6.29. The molecule has 6 heteroatoms. The normalized spacial score (nSPS) is 25.3. The highest BCUT2D eigenvalue weighted by Gasteiger charge is 2.41. The minimum Gasteiger partial charge on any atom is -0.444 e. The SMILES string of the molecule is CC(C)(C)OC(=O)N1CC(N2CC(N)CC2=O)C1. The summed E-state index contributed by atoms with van der Waals surface area (Å²) in [6.07, 6.45) is 0.109. The number of carbonyl (C=O) groups is 2. The van der Waals surface area contributed by atoms with Crippen molar-refractivity contribution in [1.82, 2.24) is 9.80 Å². The van der Waals surface area contributed by atoms with Crippen LogP contribution in [0.2, 0.25) is 0 Å². The molecule has 2 heterocycles. The first-order chi connectivity index (χ1) is 8.26. The summed E-state index contributed by atoms with van der Waals surface area (Å²) in [7, 11) is 0. The van der Waals surface area contributed by atoms with Crippen LogP contribution in [0.4, 0.5) is 4.79 Å². The highest BCUT2D eigenvalue weighted by molar-refractivity contribution is 5.80. The van der Waals surface area contributed by atoms with Crippen molar-refractivity contribution in [2.75, 3.05) is 19.6 Å². The van der Waals surface area contributed by atoms with Gasteiger partial charge >= 0.3 is 6.09 Å². The van der Waals surface area contributed by atoms with E-state index >= 15 is 0 Å². The smallest absolute Gasteiger partial charge is 0.410 e. The van der Waals surface area contributed by atoms with Crippen LogP contribution in [0, 0.1) is 0 Å². The molecule has 2 aliphatic rings. The maximum atomic E-state index is 11.7. The van der Waals surface area contributed by atoms with Crippen molar-refractivity contribution in [2.45, 2.75) is 44.9 Å². The van der Waals surface area contributed by atoms with Crippen LogP contribution in [-0.2, 0) is 9.53 Å². The molecule has 0 aromatic heterocycles. The van der Waals surface area contributed by atoms with Gasteiger partial charge in [0.1, 0.15) is 5.60 Å². The number of nitrogens with zero attached hydrogens (tertiary/aromatic N) is 2. The van der Waals surface area contributed by atoms with Crippen LogP contribution in [-0.4, -0.2) is 59.1 Å². The van der Waals surface area contributed by atoms with E-state index in [1.807, 2.05) is 20.8 Å². The lowest BCUT2D eigenvalue weighted by Crippen LogP contribution is -2.62. The summed E-state index contributed by atoms with van der Waals surface area (Å²) in [5.41, 5.74) is 5.26. The summed E-state index contributed by atoms with van der Waals surface area (Å²) < 4.78 is 5.26. The number of rotatable bonds is 1. The third-order valence-corrected chi connectivity index (χ3v) is 3.14. The molecule has 1 unspecified atom stereocenters. The fourth-order valence-electron chi connectivity index (χ4n) is 2.24. The molecule has 2 saturated heterocycles. The second-order valence-electron chi connectivity index (χ2n) is 6.05. The van der Waals surface area contributed by atoms with Crippen molar-refractivity contribution < 1.29 is 14.3 Å². The predicted molar refractivity (Wildman–Crippen MR) is 65.9 cm³/mol. The Balaban J connectivity index is 1.80. The number of likely N-dealkylation sites (tertiary alicyclic amines) is 2. The van der Waals surface area contributed by atoms with Crippen molar-refractivity contribution in [2.24, 2.45) is 5.73 Å². The highest BCUT2D eigenvalue weighted by Crippen LogP contribution is 2.22. The van der Waals surface area contributed by atoms with Crippen molar-refractivity contribution in [3.8, 4) is 0 Å². The first kappa shape index (κ1) is 13.1. The van der Waals surface area contributed by atoms with Gasteiger partial charge in [-0.1, -0.05) is 0 Å². The van der Waals surface area contributed by atoms with Crippen molar-refractivity contribution in [3.63, 3.8) is 0 Å². The Kier molecular flexibility index (Phi) is 3.23. The van der Waals surface area contributed by atoms with Gasteiger partial charge in [-0.2, -0.15) is 0 Å². The largest absolute Gasteiger partial charge is 0.444 e. The van der Waals surface area contributed by atoms with Gasteiger partial charge in [0.2, 0.25) is 5.91 Å². The van der Waals surface area contributed by atoms with Crippen molar-refractivity contribution in [1.29, 1.82) is 0 Å². The molecule has 2 aliphatic heterocycles. The molecule has 18 heavy (non-hydrogen) atoms. The van der Waals surface area contributed by atoms with Crippen molar-refractivity contribution >= 4 is 12.0 Å². The quantitative estimate of drug-likeness (QED) is 0.724. The zero-order valence-corrected chi connectivity index (χ0v) is 11.2. The van der Waals surface area contributed by atoms with Gasteiger partial charge in [-0.3, -0.25) is 4.79 Å². The summed E-state index contributed by atoms with van der Waals surface area (Å²) in [4.78, 5) is 26.8. The lowest BCUT2D eigenvalue weighted by atomic mass is 10.1. The average Bonchev–Trinajstić information content (AvgIpc) is 2.39. The minimum absolute atomic E-state index is 0.0620. The van der Waals surface area contributed by atoms with E-state index in [0.29, 0.717) is 26.1 Å². The van der Waals surface area contributed by atoms with Crippen LogP contribution in [0.3, 0.4) is 0 Å². The van der Waals surface area contributed by atoms with Crippen LogP contribution in [0.25, 0.3) is 0 Å². The van der Waals surface area contributed by atoms with Gasteiger partial charge in [-0.15, -0.1) is 0 Å². The molecule has 0 bridgehead atoms. The van der Waals surface area contributed by atoms with E-state index in [4.69, 9.17) is 10.5 Å². The lowest BCUT2D eigenvalue weighted by molar-refractivity contribution is -0.132. The average molecular weight is 255 g/mol. The molecule has 0 aliphatic carbocycles. The molecule has 0 saturated carbocycles. The minimum atomic E-state index is -0.478. The molecular formula is C12H21N3O3. The molecule has 0 spiro atoms. The molecule has 6 nitrogen and oxygen atoms in total. The first-order valence-corrected chi connectivity index (χ1v) is 6.29. The van der Waals surface area contributed by atoms with Crippen molar-refractivity contribution in [3.05, 3.63) is 0 Å². The van der Waals surface area contributed by atoms with E-state index < -0.39 is 5.60 Å². The fourth-order valence-corrected chi connectivity index (χ4v) is 2.24. The second-order valence-corrected chi connectivity index (χ2v) is 6.05. The summed E-state index contributed by atoms with van der Waals surface area (Å²) in [6.45, 7) is 7.22. The van der Waals surface area contributed by atoms with Crippen LogP contribution in [0.5, 0.6) is 0 Å². The second kappa shape index (κ2) is 4.42. The van der Waals surface area contributed by atoms with E-state index in [0.717, 1.165) is 0 Å². The summed E-state index contributed by atoms with van der Waals surface area (Å²) in [5.74, 6) is 0.0938. The molecule has 1 atom stereocenters. The van der Waals surface area contributed by atoms with E-state index in [9.17, 15) is 9.59 Å². The zero-order chi connectivity index (χ0) is 13.5. The van der Waals surface area contributed by atoms with Gasteiger partial charge in [-0.05, 0) is 20.8 Å². The topological polar surface area (TPSA) is 75.9 Å². The number of nitrogens with two attached hydrogens (primary N) is 1. The standard InChI is InChI=1S/C12H21N3O3/c1-12(2,3)18-11(17)14-6-9(7-14)15-5-8(13)4-10(15)16/h8-9H,4-7,13H2,1-3H3. The Morgan fingerprint density at radius 3 is 2.39 bits per heavy atom. The molecule has 102 valence electrons. The van der Waals surface area contributed by atoms with E-state index in [2.05, 4.69) is 0 Å². The Hall–Kier alpha value is -1.30. The molecule has 0 aromatic carbocycles. The van der Waals surface area contributed by atoms with Crippen LogP contribution < -0.4 is 5.73 Å². The monoisotopic (exact) mass is 255 g/mol. The Morgan fingerprint density at radius 1 is 1.33 bits per heavy atom. The number of hydrogen-bond acceptors (Lipinski definition) is 4. The third kappa shape index (κ3) is 2.75. The molecule has 2 N–H and O–H groups in total. The third-order valence-electron chi connectivity index (χ3n) is 3.14. The van der Waals surface area contributed by atoms with Gasteiger partial charge in [0.15, 0.2) is 0 Å². The van der Waals surface area contributed by atoms with Gasteiger partial charge in [-0.25, -0.2) is 4.79 Å². The summed E-state index contributed by atoms with van der Waals surface area (Å²) >= 11 is 0. The Labute approximate surface area is 107 Å². The van der Waals surface area contributed by atoms with Crippen LogP contribution in [0.15, 0.2) is 0 Å². The maximum absolute atomic E-state index is 11.7. The van der Waals surface area contributed by atoms with E-state index in [1.54, 1.807) is 9.80 Å². The number of amides is 2. The molecule has 2 amide bonds. The molecular weight excluding hydrogens is 234 g/mol. The summed E-state index contributed by atoms with van der Waals surface area (Å²) in [6, 6.07) is 0.0478. The van der Waals surface area contributed by atoms with E-state index in [1.165, 1.54) is 0 Å². The molecule has 0 aromatic rings. The van der Waals surface area contributed by atoms with Gasteiger partial charge in [0.05, 0.1) is 6.04 Å². The van der Waals surface area contributed by atoms with Gasteiger partial charge in [0.25, 0.3) is 0 Å². The predicted octanol–water partition coefficient (Wildman–Crippen LogP) is 0.165. The number of hydrogen-bond donors (Lipinski definition) is 1. The van der Waals surface area contributed by atoms with E-state index in [-0.39, 0.29) is 24.1 Å². The summed E-state index contributed by atoms with van der Waals surface area (Å²) in [5, 5.41) is 0. The Bertz CT molecular complexity index is 358. The van der Waals surface area contributed by atoms with Gasteiger partial charge < -0.3 is 20.3 Å². The van der Waals surface area contributed by atoms with Crippen LogP contribution in [0.1, 0.15) is 27.2 Å². The lowest BCUT2D eigenvalue weighted by Gasteiger charge is -2.44. The van der Waals surface area contributed by atoms with Crippen LogP contribution >= 0.6 is 0 Å². The molecule has 0 radical (unpaired) electrons. The zero-order valence-electron chi connectivity index (χ0n) is 11.2. The highest BCUT2D eigenvalue weighted by atomic mass is 16.6. The molecule has 2 rings (SSSR count). The number of ether oxygens (including phenoxy) is 1.